The number of ether oxygens (including phenoxy) is 1. The molecule has 0 bridgehead atoms. The molecule has 1 fully saturated rings. The van der Waals surface area contributed by atoms with Crippen molar-refractivity contribution in [1.29, 1.82) is 0 Å². The minimum atomic E-state index is -4.17. The molecule has 0 aromatic rings. The van der Waals surface area contributed by atoms with Crippen LogP contribution in [-0.2, 0) is 4.74 Å². The van der Waals surface area contributed by atoms with Gasteiger partial charge in [-0.2, -0.15) is 13.2 Å². The second kappa shape index (κ2) is 5.67. The van der Waals surface area contributed by atoms with E-state index < -0.39 is 12.6 Å². The minimum Gasteiger partial charge on any atom is -0.395 e. The summed E-state index contributed by atoms with van der Waals surface area (Å²) in [5.74, 6) is 0. The third-order valence-electron chi connectivity index (χ3n) is 2.12. The first-order valence-electron chi connectivity index (χ1n) is 5.02. The molecular weight excluding hydrogens is 211 g/mol. The Labute approximate surface area is 86.6 Å². The number of halogens is 3. The Balaban J connectivity index is 2.01. The molecule has 90 valence electrons. The highest BCUT2D eigenvalue weighted by atomic mass is 19.4. The summed E-state index contributed by atoms with van der Waals surface area (Å²) < 4.78 is 40.1. The zero-order valence-corrected chi connectivity index (χ0v) is 8.39. The molecule has 6 heteroatoms. The first-order valence-corrected chi connectivity index (χ1v) is 5.02. The number of nitrogens with one attached hydrogen (secondary N) is 1. The van der Waals surface area contributed by atoms with Crippen molar-refractivity contribution in [1.82, 2.24) is 5.32 Å². The summed E-state index contributed by atoms with van der Waals surface area (Å²) in [5, 5.41) is 12.0. The lowest BCUT2D eigenvalue weighted by Gasteiger charge is -2.16. The summed E-state index contributed by atoms with van der Waals surface area (Å²) in [4.78, 5) is 0. The average Bonchev–Trinajstić information content (AvgIpc) is 2.92. The predicted molar refractivity (Wildman–Crippen MR) is 48.5 cm³/mol. The summed E-state index contributed by atoms with van der Waals surface area (Å²) in [7, 11) is 0. The Bertz CT molecular complexity index is 183. The van der Waals surface area contributed by atoms with Crippen LogP contribution in [0.4, 0.5) is 13.2 Å². The number of aliphatic hydroxyl groups excluding tert-OH is 1. The molecule has 1 atom stereocenters. The van der Waals surface area contributed by atoms with Crippen molar-refractivity contribution in [2.24, 2.45) is 0 Å². The molecule has 0 radical (unpaired) electrons. The molecule has 1 unspecified atom stereocenters. The molecule has 1 aliphatic rings. The minimum absolute atomic E-state index is 0.109. The van der Waals surface area contributed by atoms with Crippen molar-refractivity contribution in [3.8, 4) is 0 Å². The topological polar surface area (TPSA) is 41.5 Å². The van der Waals surface area contributed by atoms with Crippen LogP contribution in [0.2, 0.25) is 0 Å². The van der Waals surface area contributed by atoms with Crippen molar-refractivity contribution in [2.75, 3.05) is 19.8 Å². The van der Waals surface area contributed by atoms with Crippen LogP contribution in [0.25, 0.3) is 0 Å². The third-order valence-corrected chi connectivity index (χ3v) is 2.12. The van der Waals surface area contributed by atoms with E-state index in [2.05, 4.69) is 5.32 Å². The molecule has 1 aliphatic carbocycles. The Morgan fingerprint density at radius 3 is 2.53 bits per heavy atom. The second-order valence-corrected chi connectivity index (χ2v) is 3.76. The van der Waals surface area contributed by atoms with E-state index in [4.69, 9.17) is 9.84 Å². The number of hydrogen-bond acceptors (Lipinski definition) is 3. The van der Waals surface area contributed by atoms with Crippen LogP contribution in [0.3, 0.4) is 0 Å². The van der Waals surface area contributed by atoms with E-state index in [0.29, 0.717) is 6.04 Å². The highest BCUT2D eigenvalue weighted by Crippen LogP contribution is 2.20. The summed E-state index contributed by atoms with van der Waals surface area (Å²) in [6.45, 7) is -0.321. The lowest BCUT2D eigenvalue weighted by molar-refractivity contribution is -0.145. The Morgan fingerprint density at radius 2 is 2.07 bits per heavy atom. The van der Waals surface area contributed by atoms with Gasteiger partial charge in [0.25, 0.3) is 0 Å². The van der Waals surface area contributed by atoms with Gasteiger partial charge in [0.1, 0.15) is 0 Å². The van der Waals surface area contributed by atoms with Crippen molar-refractivity contribution >= 4 is 0 Å². The van der Waals surface area contributed by atoms with E-state index >= 15 is 0 Å². The summed E-state index contributed by atoms with van der Waals surface area (Å²) in [6.07, 6.45) is -2.97. The summed E-state index contributed by atoms with van der Waals surface area (Å²) in [5.41, 5.74) is 0. The highest BCUT2D eigenvalue weighted by molar-refractivity contribution is 4.84. The van der Waals surface area contributed by atoms with E-state index in [9.17, 15) is 13.2 Å². The molecule has 3 nitrogen and oxygen atoms in total. The van der Waals surface area contributed by atoms with Gasteiger partial charge in [0.05, 0.1) is 32.3 Å². The molecule has 0 spiro atoms. The molecule has 0 heterocycles. The summed E-state index contributed by atoms with van der Waals surface area (Å²) >= 11 is 0. The van der Waals surface area contributed by atoms with Gasteiger partial charge < -0.3 is 15.2 Å². The van der Waals surface area contributed by atoms with E-state index in [0.717, 1.165) is 12.8 Å². The van der Waals surface area contributed by atoms with Gasteiger partial charge in [-0.15, -0.1) is 0 Å². The fourth-order valence-electron chi connectivity index (χ4n) is 1.15. The maximum Gasteiger partial charge on any atom is 0.391 e. The maximum absolute atomic E-state index is 11.7. The maximum atomic E-state index is 11.7. The lowest BCUT2D eigenvalue weighted by Crippen LogP contribution is -2.38. The van der Waals surface area contributed by atoms with Gasteiger partial charge in [0.15, 0.2) is 0 Å². The van der Waals surface area contributed by atoms with E-state index in [1.165, 1.54) is 0 Å². The first kappa shape index (κ1) is 12.7. The number of aliphatic hydroxyl groups is 1. The molecule has 0 aliphatic heterocycles. The molecule has 15 heavy (non-hydrogen) atoms. The fraction of sp³-hybridized carbons (Fsp3) is 1.00. The lowest BCUT2D eigenvalue weighted by atomic mass is 10.3. The van der Waals surface area contributed by atoms with Crippen LogP contribution in [0.5, 0.6) is 0 Å². The van der Waals surface area contributed by atoms with Crippen LogP contribution >= 0.6 is 0 Å². The number of rotatable bonds is 7. The van der Waals surface area contributed by atoms with E-state index in [-0.39, 0.29) is 25.9 Å². The quantitative estimate of drug-likeness (QED) is 0.639. The van der Waals surface area contributed by atoms with E-state index in [1.807, 2.05) is 0 Å². The van der Waals surface area contributed by atoms with Crippen LogP contribution in [0.1, 0.15) is 19.3 Å². The molecule has 2 N–H and O–H groups in total. The standard InChI is InChI=1S/C9H16F3NO2/c10-9(11,12)3-4-15-6-8(5-14)13-7-1-2-7/h7-8,13-14H,1-6H2. The summed E-state index contributed by atoms with van der Waals surface area (Å²) in [6, 6.07) is 0.166. The highest BCUT2D eigenvalue weighted by Gasteiger charge is 2.27. The average molecular weight is 227 g/mol. The molecule has 1 saturated carbocycles. The fourth-order valence-corrected chi connectivity index (χ4v) is 1.15. The monoisotopic (exact) mass is 227 g/mol. The zero-order valence-electron chi connectivity index (χ0n) is 8.39. The first-order chi connectivity index (χ1) is 7.01. The van der Waals surface area contributed by atoms with Gasteiger partial charge in [0, 0.05) is 6.04 Å². The Kier molecular flexibility index (Phi) is 4.82. The molecule has 0 aromatic carbocycles. The van der Waals surface area contributed by atoms with Crippen LogP contribution in [0.15, 0.2) is 0 Å². The Hall–Kier alpha value is -0.330. The van der Waals surface area contributed by atoms with Crippen LogP contribution in [-0.4, -0.2) is 43.2 Å². The van der Waals surface area contributed by atoms with Gasteiger partial charge >= 0.3 is 6.18 Å². The molecular formula is C9H16F3NO2. The van der Waals surface area contributed by atoms with E-state index in [1.54, 1.807) is 0 Å². The zero-order chi connectivity index (χ0) is 11.3. The van der Waals surface area contributed by atoms with Crippen molar-refractivity contribution in [2.45, 2.75) is 37.5 Å². The second-order valence-electron chi connectivity index (χ2n) is 3.76. The van der Waals surface area contributed by atoms with Crippen LogP contribution in [0, 0.1) is 0 Å². The number of hydrogen-bond donors (Lipinski definition) is 2. The predicted octanol–water partition coefficient (Wildman–Crippen LogP) is 1.07. The normalized spacial score (nSPS) is 19.2. The molecule has 0 aromatic heterocycles. The SMILES string of the molecule is OCC(COCCC(F)(F)F)NC1CC1. The van der Waals surface area contributed by atoms with Crippen molar-refractivity contribution in [3.63, 3.8) is 0 Å². The largest absolute Gasteiger partial charge is 0.395 e. The van der Waals surface area contributed by atoms with Gasteiger partial charge in [-0.05, 0) is 12.8 Å². The third kappa shape index (κ3) is 6.70. The molecule has 0 saturated heterocycles. The molecule has 0 amide bonds. The van der Waals surface area contributed by atoms with Gasteiger partial charge in [0.2, 0.25) is 0 Å². The van der Waals surface area contributed by atoms with Gasteiger partial charge in [-0.3, -0.25) is 0 Å². The van der Waals surface area contributed by atoms with Crippen molar-refractivity contribution in [3.05, 3.63) is 0 Å². The Morgan fingerprint density at radius 1 is 1.40 bits per heavy atom. The van der Waals surface area contributed by atoms with Crippen molar-refractivity contribution < 1.29 is 23.0 Å². The molecule has 1 rings (SSSR count). The smallest absolute Gasteiger partial charge is 0.391 e. The number of alkyl halides is 3. The van der Waals surface area contributed by atoms with Gasteiger partial charge in [-0.1, -0.05) is 0 Å². The van der Waals surface area contributed by atoms with Crippen LogP contribution < -0.4 is 5.32 Å². The van der Waals surface area contributed by atoms with Gasteiger partial charge in [-0.25, -0.2) is 0 Å².